The van der Waals surface area contributed by atoms with Gasteiger partial charge >= 0.3 is 0 Å². The number of hydrogen-bond acceptors (Lipinski definition) is 4. The summed E-state index contributed by atoms with van der Waals surface area (Å²) in [7, 11) is -3.50. The number of rotatable bonds is 8. The van der Waals surface area contributed by atoms with Crippen LogP contribution in [0.1, 0.15) is 39.5 Å². The average Bonchev–Trinajstić information content (AvgIpc) is 2.56. The van der Waals surface area contributed by atoms with Crippen LogP contribution >= 0.6 is 0 Å². The van der Waals surface area contributed by atoms with Crippen molar-refractivity contribution in [2.24, 2.45) is 0 Å². The molecule has 1 aliphatic rings. The lowest BCUT2D eigenvalue weighted by atomic mass is 10.1. The Labute approximate surface area is 139 Å². The molecular formula is C17H27NO4S. The number of ether oxygens (including phenoxy) is 2. The van der Waals surface area contributed by atoms with Gasteiger partial charge in [-0.05, 0) is 56.9 Å². The Kier molecular flexibility index (Phi) is 6.87. The van der Waals surface area contributed by atoms with Crippen LogP contribution in [0, 0.1) is 0 Å². The van der Waals surface area contributed by atoms with E-state index in [1.54, 1.807) is 28.6 Å². The molecule has 1 aliphatic heterocycles. The van der Waals surface area contributed by atoms with E-state index in [9.17, 15) is 8.42 Å². The van der Waals surface area contributed by atoms with Gasteiger partial charge in [0.15, 0.2) is 0 Å². The Bertz CT molecular complexity index is 565. The van der Waals surface area contributed by atoms with Crippen LogP contribution in [0.2, 0.25) is 0 Å². The zero-order chi connectivity index (χ0) is 16.7. The lowest BCUT2D eigenvalue weighted by Gasteiger charge is -2.29. The van der Waals surface area contributed by atoms with Crippen molar-refractivity contribution in [2.75, 3.05) is 26.3 Å². The van der Waals surface area contributed by atoms with Crippen LogP contribution in [0.3, 0.4) is 0 Å². The predicted octanol–water partition coefficient (Wildman–Crippen LogP) is 3.06. The van der Waals surface area contributed by atoms with Crippen LogP contribution in [-0.2, 0) is 14.8 Å². The average molecular weight is 341 g/mol. The topological polar surface area (TPSA) is 55.8 Å². The molecule has 1 fully saturated rings. The molecule has 2 rings (SSSR count). The van der Waals surface area contributed by atoms with Crippen LogP contribution in [0.15, 0.2) is 29.2 Å². The van der Waals surface area contributed by atoms with Crippen molar-refractivity contribution in [1.82, 2.24) is 4.31 Å². The van der Waals surface area contributed by atoms with E-state index in [0.29, 0.717) is 30.3 Å². The Morgan fingerprint density at radius 2 is 1.96 bits per heavy atom. The third kappa shape index (κ3) is 4.93. The number of hydrogen-bond donors (Lipinski definition) is 0. The zero-order valence-electron chi connectivity index (χ0n) is 14.0. The Morgan fingerprint density at radius 1 is 1.22 bits per heavy atom. The van der Waals surface area contributed by atoms with Gasteiger partial charge in [-0.3, -0.25) is 0 Å². The molecule has 1 saturated heterocycles. The van der Waals surface area contributed by atoms with Crippen molar-refractivity contribution in [2.45, 2.75) is 50.5 Å². The molecule has 0 spiro atoms. The van der Waals surface area contributed by atoms with Crippen LogP contribution in [0.25, 0.3) is 0 Å². The lowest BCUT2D eigenvalue weighted by Crippen LogP contribution is -2.40. The molecule has 5 nitrogen and oxygen atoms in total. The zero-order valence-corrected chi connectivity index (χ0v) is 14.8. The van der Waals surface area contributed by atoms with Gasteiger partial charge in [0.1, 0.15) is 5.75 Å². The van der Waals surface area contributed by atoms with E-state index in [1.807, 2.05) is 13.8 Å². The fourth-order valence-corrected chi connectivity index (χ4v) is 4.32. The number of benzene rings is 1. The van der Waals surface area contributed by atoms with Crippen LogP contribution < -0.4 is 4.74 Å². The van der Waals surface area contributed by atoms with E-state index in [0.717, 1.165) is 32.3 Å². The molecule has 0 N–H and O–H groups in total. The molecule has 130 valence electrons. The minimum atomic E-state index is -3.50. The van der Waals surface area contributed by atoms with Gasteiger partial charge in [-0.25, -0.2) is 8.42 Å². The smallest absolute Gasteiger partial charge is 0.243 e. The summed E-state index contributed by atoms with van der Waals surface area (Å²) < 4.78 is 38.4. The summed E-state index contributed by atoms with van der Waals surface area (Å²) in [4.78, 5) is 0.310. The monoisotopic (exact) mass is 341 g/mol. The molecule has 1 atom stereocenters. The highest BCUT2D eigenvalue weighted by Gasteiger charge is 2.27. The SMILES string of the molecule is CCCN(CC1CCCCO1)S(=O)(=O)c1ccc(OCC)cc1. The lowest BCUT2D eigenvalue weighted by molar-refractivity contribution is 0.00624. The Hall–Kier alpha value is -1.11. The summed E-state index contributed by atoms with van der Waals surface area (Å²) in [6, 6.07) is 6.64. The molecule has 23 heavy (non-hydrogen) atoms. The van der Waals surface area contributed by atoms with E-state index in [2.05, 4.69) is 0 Å². The van der Waals surface area contributed by atoms with Crippen molar-refractivity contribution in [3.63, 3.8) is 0 Å². The van der Waals surface area contributed by atoms with Crippen LogP contribution in [0.5, 0.6) is 5.75 Å². The predicted molar refractivity (Wildman–Crippen MR) is 90.3 cm³/mol. The van der Waals surface area contributed by atoms with E-state index >= 15 is 0 Å². The third-order valence-corrected chi connectivity index (χ3v) is 5.81. The first-order chi connectivity index (χ1) is 11.1. The molecule has 0 saturated carbocycles. The molecule has 1 aromatic carbocycles. The standard InChI is InChI=1S/C17H27NO4S/c1-3-12-18(14-16-7-5-6-13-22-16)23(19,20)17-10-8-15(9-11-17)21-4-2/h8-11,16H,3-7,12-14H2,1-2H3. The molecule has 6 heteroatoms. The van der Waals surface area contributed by atoms with Crippen molar-refractivity contribution in [3.8, 4) is 5.75 Å². The molecule has 0 bridgehead atoms. The fourth-order valence-electron chi connectivity index (χ4n) is 2.76. The summed E-state index contributed by atoms with van der Waals surface area (Å²) in [6.07, 6.45) is 3.89. The maximum absolute atomic E-state index is 12.9. The van der Waals surface area contributed by atoms with Gasteiger partial charge in [0.2, 0.25) is 10.0 Å². The fraction of sp³-hybridized carbons (Fsp3) is 0.647. The maximum Gasteiger partial charge on any atom is 0.243 e. The first-order valence-corrected chi connectivity index (χ1v) is 9.86. The highest BCUT2D eigenvalue weighted by atomic mass is 32.2. The minimum Gasteiger partial charge on any atom is -0.494 e. The third-order valence-electron chi connectivity index (χ3n) is 3.93. The van der Waals surface area contributed by atoms with E-state index < -0.39 is 10.0 Å². The first-order valence-electron chi connectivity index (χ1n) is 8.42. The normalized spacial score (nSPS) is 19.0. The number of nitrogens with zero attached hydrogens (tertiary/aromatic N) is 1. The molecular weight excluding hydrogens is 314 g/mol. The second kappa shape index (κ2) is 8.66. The van der Waals surface area contributed by atoms with Crippen molar-refractivity contribution in [3.05, 3.63) is 24.3 Å². The van der Waals surface area contributed by atoms with Gasteiger partial charge < -0.3 is 9.47 Å². The van der Waals surface area contributed by atoms with Gasteiger partial charge in [0.05, 0.1) is 17.6 Å². The number of sulfonamides is 1. The summed E-state index contributed by atoms with van der Waals surface area (Å²) in [5.74, 6) is 0.684. The van der Waals surface area contributed by atoms with Crippen LogP contribution in [0.4, 0.5) is 0 Å². The summed E-state index contributed by atoms with van der Waals surface area (Å²) in [5, 5.41) is 0. The van der Waals surface area contributed by atoms with Crippen molar-refractivity contribution in [1.29, 1.82) is 0 Å². The van der Waals surface area contributed by atoms with E-state index in [4.69, 9.17) is 9.47 Å². The van der Waals surface area contributed by atoms with E-state index in [1.165, 1.54) is 0 Å². The van der Waals surface area contributed by atoms with Gasteiger partial charge in [-0.1, -0.05) is 6.92 Å². The van der Waals surface area contributed by atoms with Crippen LogP contribution in [-0.4, -0.2) is 45.1 Å². The molecule has 0 radical (unpaired) electrons. The second-order valence-corrected chi connectivity index (χ2v) is 7.69. The minimum absolute atomic E-state index is 0.00720. The molecule has 0 aromatic heterocycles. The highest BCUT2D eigenvalue weighted by Crippen LogP contribution is 2.22. The molecule has 0 amide bonds. The van der Waals surface area contributed by atoms with Gasteiger partial charge in [-0.15, -0.1) is 0 Å². The Morgan fingerprint density at radius 3 is 2.52 bits per heavy atom. The second-order valence-electron chi connectivity index (χ2n) is 5.76. The molecule has 1 aromatic rings. The maximum atomic E-state index is 12.9. The molecule has 0 aliphatic carbocycles. The summed E-state index contributed by atoms with van der Waals surface area (Å²) in [5.41, 5.74) is 0. The van der Waals surface area contributed by atoms with Gasteiger partial charge in [0, 0.05) is 19.7 Å². The van der Waals surface area contributed by atoms with Crippen molar-refractivity contribution >= 4 is 10.0 Å². The Balaban J connectivity index is 2.14. The van der Waals surface area contributed by atoms with Gasteiger partial charge in [0.25, 0.3) is 0 Å². The highest BCUT2D eigenvalue weighted by molar-refractivity contribution is 7.89. The summed E-state index contributed by atoms with van der Waals surface area (Å²) in [6.45, 7) is 6.12. The molecule has 1 heterocycles. The van der Waals surface area contributed by atoms with Gasteiger partial charge in [-0.2, -0.15) is 4.31 Å². The largest absolute Gasteiger partial charge is 0.494 e. The summed E-state index contributed by atoms with van der Waals surface area (Å²) >= 11 is 0. The van der Waals surface area contributed by atoms with Crippen molar-refractivity contribution < 1.29 is 17.9 Å². The van der Waals surface area contributed by atoms with E-state index in [-0.39, 0.29) is 6.10 Å². The molecule has 1 unspecified atom stereocenters. The first kappa shape index (κ1) is 18.2. The quantitative estimate of drug-likeness (QED) is 0.729.